The molecule has 2 N–H and O–H groups in total. The molecule has 0 unspecified atom stereocenters. The molecule has 0 radical (unpaired) electrons. The average molecular weight is 405 g/mol. The number of amides is 4. The van der Waals surface area contributed by atoms with Gasteiger partial charge in [0.1, 0.15) is 0 Å². The van der Waals surface area contributed by atoms with E-state index in [1.165, 1.54) is 0 Å². The summed E-state index contributed by atoms with van der Waals surface area (Å²) in [5.74, 6) is 0. The van der Waals surface area contributed by atoms with Crippen LogP contribution in [0.2, 0.25) is 0 Å². The number of benzene rings is 1. The van der Waals surface area contributed by atoms with E-state index in [1.807, 2.05) is 39.0 Å². The highest BCUT2D eigenvalue weighted by Gasteiger charge is 2.24. The molecule has 2 aliphatic rings. The van der Waals surface area contributed by atoms with Crippen LogP contribution in [0.3, 0.4) is 0 Å². The zero-order valence-corrected chi connectivity index (χ0v) is 17.6. The lowest BCUT2D eigenvalue weighted by Gasteiger charge is -2.28. The number of carbonyl (C=O) groups is 2. The SMILES string of the molecule is Cc1ccc(NC(=O)N2CCOCC[C@H]2C)cc1NC(=O)N1CCOCC[C@H]1C. The number of rotatable bonds is 2. The summed E-state index contributed by atoms with van der Waals surface area (Å²) in [4.78, 5) is 29.1. The maximum Gasteiger partial charge on any atom is 0.322 e. The summed E-state index contributed by atoms with van der Waals surface area (Å²) in [5, 5.41) is 5.95. The number of hydrogen-bond acceptors (Lipinski definition) is 4. The molecule has 160 valence electrons. The van der Waals surface area contributed by atoms with Gasteiger partial charge >= 0.3 is 12.1 Å². The third kappa shape index (κ3) is 5.61. The molecule has 0 aliphatic carbocycles. The van der Waals surface area contributed by atoms with Crippen molar-refractivity contribution in [3.63, 3.8) is 0 Å². The van der Waals surface area contributed by atoms with Gasteiger partial charge < -0.3 is 29.9 Å². The van der Waals surface area contributed by atoms with Crippen LogP contribution >= 0.6 is 0 Å². The Labute approximate surface area is 172 Å². The zero-order chi connectivity index (χ0) is 20.8. The molecule has 3 rings (SSSR count). The molecule has 29 heavy (non-hydrogen) atoms. The maximum atomic E-state index is 12.8. The first-order valence-electron chi connectivity index (χ1n) is 10.4. The molecular formula is C21H32N4O4. The summed E-state index contributed by atoms with van der Waals surface area (Å²) in [7, 11) is 0. The van der Waals surface area contributed by atoms with E-state index in [0.29, 0.717) is 50.9 Å². The minimum absolute atomic E-state index is 0.118. The van der Waals surface area contributed by atoms with Gasteiger partial charge in [-0.25, -0.2) is 9.59 Å². The van der Waals surface area contributed by atoms with Crippen LogP contribution in [0, 0.1) is 6.92 Å². The summed E-state index contributed by atoms with van der Waals surface area (Å²) in [6, 6.07) is 5.50. The summed E-state index contributed by atoms with van der Waals surface area (Å²) in [5.41, 5.74) is 2.28. The number of urea groups is 2. The zero-order valence-electron chi connectivity index (χ0n) is 17.6. The Balaban J connectivity index is 1.67. The van der Waals surface area contributed by atoms with E-state index in [4.69, 9.17) is 9.47 Å². The Morgan fingerprint density at radius 3 is 2.03 bits per heavy atom. The van der Waals surface area contributed by atoms with Crippen molar-refractivity contribution in [1.82, 2.24) is 9.80 Å². The molecule has 1 aromatic rings. The first kappa shape index (κ1) is 21.4. The summed E-state index contributed by atoms with van der Waals surface area (Å²) in [6.45, 7) is 9.57. The molecule has 0 bridgehead atoms. The third-order valence-electron chi connectivity index (χ3n) is 5.63. The second kappa shape index (κ2) is 9.93. The van der Waals surface area contributed by atoms with E-state index in [0.717, 1.165) is 18.4 Å². The van der Waals surface area contributed by atoms with Gasteiger partial charge in [-0.05, 0) is 51.3 Å². The number of ether oxygens (including phenoxy) is 2. The molecule has 8 nitrogen and oxygen atoms in total. The fourth-order valence-electron chi connectivity index (χ4n) is 3.61. The van der Waals surface area contributed by atoms with Gasteiger partial charge in [0.15, 0.2) is 0 Å². The van der Waals surface area contributed by atoms with Crippen LogP contribution in [0.5, 0.6) is 0 Å². The lowest BCUT2D eigenvalue weighted by atomic mass is 10.1. The lowest BCUT2D eigenvalue weighted by molar-refractivity contribution is 0.143. The molecule has 1 aromatic carbocycles. The van der Waals surface area contributed by atoms with E-state index in [-0.39, 0.29) is 24.1 Å². The summed E-state index contributed by atoms with van der Waals surface area (Å²) in [6.07, 6.45) is 1.64. The smallest absolute Gasteiger partial charge is 0.322 e. The minimum atomic E-state index is -0.151. The number of nitrogens with one attached hydrogen (secondary N) is 2. The highest BCUT2D eigenvalue weighted by atomic mass is 16.5. The van der Waals surface area contributed by atoms with Gasteiger partial charge in [-0.3, -0.25) is 0 Å². The topological polar surface area (TPSA) is 83.1 Å². The Bertz CT molecular complexity index is 727. The summed E-state index contributed by atoms with van der Waals surface area (Å²) < 4.78 is 10.9. The van der Waals surface area contributed by atoms with E-state index in [2.05, 4.69) is 10.6 Å². The van der Waals surface area contributed by atoms with Crippen LogP contribution in [0.15, 0.2) is 18.2 Å². The molecule has 8 heteroatoms. The van der Waals surface area contributed by atoms with Crippen LogP contribution in [0.1, 0.15) is 32.3 Å². The number of nitrogens with zero attached hydrogens (tertiary/aromatic N) is 2. The molecule has 4 amide bonds. The molecule has 0 aromatic heterocycles. The van der Waals surface area contributed by atoms with Gasteiger partial charge in [0.05, 0.1) is 13.2 Å². The first-order valence-corrected chi connectivity index (χ1v) is 10.4. The van der Waals surface area contributed by atoms with Crippen molar-refractivity contribution in [2.24, 2.45) is 0 Å². The van der Waals surface area contributed by atoms with Crippen molar-refractivity contribution in [3.8, 4) is 0 Å². The summed E-state index contributed by atoms with van der Waals surface area (Å²) >= 11 is 0. The molecule has 2 heterocycles. The van der Waals surface area contributed by atoms with Gasteiger partial charge in [-0.1, -0.05) is 6.07 Å². The Kier molecular flexibility index (Phi) is 7.33. The largest absolute Gasteiger partial charge is 0.380 e. The molecule has 2 saturated heterocycles. The quantitative estimate of drug-likeness (QED) is 0.792. The van der Waals surface area contributed by atoms with Gasteiger partial charge in [0.25, 0.3) is 0 Å². The number of hydrogen-bond donors (Lipinski definition) is 2. The van der Waals surface area contributed by atoms with Crippen molar-refractivity contribution in [2.45, 2.75) is 45.7 Å². The van der Waals surface area contributed by atoms with E-state index < -0.39 is 0 Å². The molecule has 2 fully saturated rings. The first-order chi connectivity index (χ1) is 14.0. The molecular weight excluding hydrogens is 372 g/mol. The molecule has 2 atom stereocenters. The van der Waals surface area contributed by atoms with Crippen molar-refractivity contribution >= 4 is 23.4 Å². The van der Waals surface area contributed by atoms with Gasteiger partial charge in [0.2, 0.25) is 0 Å². The average Bonchev–Trinajstić information content (AvgIpc) is 3.04. The Morgan fingerprint density at radius 2 is 1.45 bits per heavy atom. The van der Waals surface area contributed by atoms with Crippen LogP contribution in [0.4, 0.5) is 21.0 Å². The highest BCUT2D eigenvalue weighted by Crippen LogP contribution is 2.22. The predicted octanol–water partition coefficient (Wildman–Crippen LogP) is 3.28. The molecule has 0 spiro atoms. The highest BCUT2D eigenvalue weighted by molar-refractivity contribution is 5.93. The standard InChI is InChI=1S/C21H32N4O4/c1-15-4-5-18(22-20(26)24-8-12-28-10-6-16(24)2)14-19(15)23-21(27)25-9-13-29-11-7-17(25)3/h4-5,14,16-17H,6-13H2,1-3H3,(H,22,26)(H,23,27)/t16-,17-/m1/s1. The third-order valence-corrected chi connectivity index (χ3v) is 5.63. The molecule has 0 saturated carbocycles. The lowest BCUT2D eigenvalue weighted by Crippen LogP contribution is -2.42. The van der Waals surface area contributed by atoms with Crippen LogP contribution in [-0.4, -0.2) is 73.5 Å². The minimum Gasteiger partial charge on any atom is -0.380 e. The van der Waals surface area contributed by atoms with Gasteiger partial charge in [0, 0.05) is 49.8 Å². The van der Waals surface area contributed by atoms with Crippen molar-refractivity contribution < 1.29 is 19.1 Å². The van der Waals surface area contributed by atoms with Gasteiger partial charge in [-0.2, -0.15) is 0 Å². The monoisotopic (exact) mass is 404 g/mol. The van der Waals surface area contributed by atoms with Crippen molar-refractivity contribution in [3.05, 3.63) is 23.8 Å². The normalized spacial score (nSPS) is 23.1. The van der Waals surface area contributed by atoms with Gasteiger partial charge in [-0.15, -0.1) is 0 Å². The Morgan fingerprint density at radius 1 is 0.897 bits per heavy atom. The number of carbonyl (C=O) groups excluding carboxylic acids is 2. The predicted molar refractivity (Wildman–Crippen MR) is 112 cm³/mol. The van der Waals surface area contributed by atoms with E-state index in [9.17, 15) is 9.59 Å². The fraction of sp³-hybridized carbons (Fsp3) is 0.619. The number of aryl methyl sites for hydroxylation is 1. The van der Waals surface area contributed by atoms with E-state index in [1.54, 1.807) is 9.80 Å². The fourth-order valence-corrected chi connectivity index (χ4v) is 3.61. The molecule has 2 aliphatic heterocycles. The van der Waals surface area contributed by atoms with Crippen molar-refractivity contribution in [2.75, 3.05) is 50.2 Å². The number of anilines is 2. The van der Waals surface area contributed by atoms with E-state index >= 15 is 0 Å². The second-order valence-corrected chi connectivity index (χ2v) is 7.78. The second-order valence-electron chi connectivity index (χ2n) is 7.78. The van der Waals surface area contributed by atoms with Crippen LogP contribution in [-0.2, 0) is 9.47 Å². The van der Waals surface area contributed by atoms with Crippen LogP contribution in [0.25, 0.3) is 0 Å². The Hall–Kier alpha value is -2.32. The maximum absolute atomic E-state index is 12.8. The van der Waals surface area contributed by atoms with Crippen molar-refractivity contribution in [1.29, 1.82) is 0 Å². The van der Waals surface area contributed by atoms with Crippen LogP contribution < -0.4 is 10.6 Å².